The normalized spacial score (nSPS) is 21.5. The van der Waals surface area contributed by atoms with Gasteiger partial charge in [-0.2, -0.15) is 0 Å². The van der Waals surface area contributed by atoms with Crippen LogP contribution in [0.1, 0.15) is 37.9 Å². The van der Waals surface area contributed by atoms with Crippen molar-refractivity contribution in [1.29, 1.82) is 0 Å². The molecule has 2 atom stereocenters. The summed E-state index contributed by atoms with van der Waals surface area (Å²) in [6.07, 6.45) is 2.75. The van der Waals surface area contributed by atoms with E-state index in [9.17, 15) is 5.11 Å². The van der Waals surface area contributed by atoms with Crippen LogP contribution >= 0.6 is 15.9 Å². The van der Waals surface area contributed by atoms with Crippen molar-refractivity contribution in [2.75, 3.05) is 24.6 Å². The third-order valence-electron chi connectivity index (χ3n) is 3.84. The van der Waals surface area contributed by atoms with Gasteiger partial charge >= 0.3 is 0 Å². The third kappa shape index (κ3) is 3.71. The Bertz CT molecular complexity index is 421. The van der Waals surface area contributed by atoms with E-state index < -0.39 is 6.10 Å². The number of rotatable bonds is 4. The van der Waals surface area contributed by atoms with E-state index in [1.807, 2.05) is 19.1 Å². The van der Waals surface area contributed by atoms with Crippen LogP contribution in [0.4, 0.5) is 5.69 Å². The molecule has 2 rings (SSSR count). The maximum Gasteiger partial charge on any atom is 0.0782 e. The lowest BCUT2D eigenvalue weighted by Gasteiger charge is -2.36. The number of hydrogen-bond donors (Lipinski definition) is 2. The van der Waals surface area contributed by atoms with Gasteiger partial charge in [0.05, 0.1) is 6.10 Å². The Kier molecular flexibility index (Phi) is 5.25. The number of aliphatic hydroxyl groups excluding tert-OH is 2. The van der Waals surface area contributed by atoms with E-state index in [4.69, 9.17) is 5.11 Å². The second-order valence-corrected chi connectivity index (χ2v) is 6.26. The van der Waals surface area contributed by atoms with Gasteiger partial charge in [-0.3, -0.25) is 0 Å². The molecule has 3 nitrogen and oxygen atoms in total. The number of hydrogen-bond acceptors (Lipinski definition) is 3. The van der Waals surface area contributed by atoms with E-state index in [0.29, 0.717) is 5.92 Å². The van der Waals surface area contributed by atoms with Crippen LogP contribution in [0.15, 0.2) is 22.7 Å². The van der Waals surface area contributed by atoms with E-state index in [1.165, 1.54) is 6.42 Å². The molecule has 1 fully saturated rings. The number of benzene rings is 1. The minimum atomic E-state index is -0.457. The predicted molar refractivity (Wildman–Crippen MR) is 81.4 cm³/mol. The van der Waals surface area contributed by atoms with Gasteiger partial charge in [-0.15, -0.1) is 0 Å². The molecule has 1 aliphatic rings. The van der Waals surface area contributed by atoms with Crippen molar-refractivity contribution in [2.24, 2.45) is 5.92 Å². The van der Waals surface area contributed by atoms with Gasteiger partial charge in [0.25, 0.3) is 0 Å². The van der Waals surface area contributed by atoms with E-state index in [1.54, 1.807) is 0 Å². The number of nitrogens with zero attached hydrogens (tertiary/aromatic N) is 1. The first-order valence-corrected chi connectivity index (χ1v) is 7.74. The maximum absolute atomic E-state index is 9.91. The van der Waals surface area contributed by atoms with Gasteiger partial charge in [0.1, 0.15) is 0 Å². The van der Waals surface area contributed by atoms with Crippen LogP contribution in [0.2, 0.25) is 0 Å². The Morgan fingerprint density at radius 2 is 2.26 bits per heavy atom. The highest BCUT2D eigenvalue weighted by atomic mass is 79.9. The van der Waals surface area contributed by atoms with Crippen molar-refractivity contribution < 1.29 is 10.2 Å². The van der Waals surface area contributed by atoms with Gasteiger partial charge in [-0.05, 0) is 44.2 Å². The predicted octanol–water partition coefficient (Wildman–Crippen LogP) is 3.10. The van der Waals surface area contributed by atoms with Gasteiger partial charge in [-0.25, -0.2) is 0 Å². The summed E-state index contributed by atoms with van der Waals surface area (Å²) in [5, 5.41) is 19.0. The molecule has 1 heterocycles. The summed E-state index contributed by atoms with van der Waals surface area (Å²) in [5.74, 6) is 0.555. The Labute approximate surface area is 123 Å². The number of anilines is 1. The van der Waals surface area contributed by atoms with Crippen LogP contribution in [0.3, 0.4) is 0 Å². The Morgan fingerprint density at radius 3 is 2.95 bits per heavy atom. The molecule has 106 valence electrons. The Balaban J connectivity index is 2.22. The van der Waals surface area contributed by atoms with E-state index in [-0.39, 0.29) is 6.61 Å². The molecule has 0 saturated carbocycles. The highest BCUT2D eigenvalue weighted by molar-refractivity contribution is 9.10. The zero-order valence-electron chi connectivity index (χ0n) is 11.3. The van der Waals surface area contributed by atoms with Gasteiger partial charge in [0, 0.05) is 35.4 Å². The molecular formula is C15H22BrNO2. The lowest BCUT2D eigenvalue weighted by molar-refractivity contribution is 0.199. The molecule has 0 bridgehead atoms. The minimum Gasteiger partial charge on any atom is -0.396 e. The summed E-state index contributed by atoms with van der Waals surface area (Å²) in [5.41, 5.74) is 2.10. The fourth-order valence-corrected chi connectivity index (χ4v) is 3.20. The van der Waals surface area contributed by atoms with Crippen LogP contribution in [0.25, 0.3) is 0 Å². The summed E-state index contributed by atoms with van der Waals surface area (Å²) in [6.45, 7) is 4.07. The zero-order valence-corrected chi connectivity index (χ0v) is 12.9. The summed E-state index contributed by atoms with van der Waals surface area (Å²) in [6, 6.07) is 6.05. The van der Waals surface area contributed by atoms with Crippen LogP contribution in [0.5, 0.6) is 0 Å². The van der Waals surface area contributed by atoms with Crippen LogP contribution in [-0.4, -0.2) is 29.9 Å². The zero-order chi connectivity index (χ0) is 13.8. The maximum atomic E-state index is 9.91. The van der Waals surface area contributed by atoms with Crippen molar-refractivity contribution in [3.05, 3.63) is 28.2 Å². The number of piperidine rings is 1. The first-order chi connectivity index (χ1) is 9.11. The summed E-state index contributed by atoms with van der Waals surface area (Å²) in [4.78, 5) is 2.34. The van der Waals surface area contributed by atoms with E-state index in [0.717, 1.165) is 41.7 Å². The SMILES string of the molecule is CC(O)c1ccc(Br)cc1N1CCCC(CCO)C1. The first kappa shape index (κ1) is 14.8. The first-order valence-electron chi connectivity index (χ1n) is 6.95. The molecule has 1 saturated heterocycles. The molecule has 2 N–H and O–H groups in total. The van der Waals surface area contributed by atoms with E-state index in [2.05, 4.69) is 26.9 Å². The standard InChI is InChI=1S/C15H22BrNO2/c1-11(19)14-5-4-13(16)9-15(14)17-7-2-3-12(10-17)6-8-18/h4-5,9,11-12,18-19H,2-3,6-8,10H2,1H3. The second kappa shape index (κ2) is 6.73. The smallest absolute Gasteiger partial charge is 0.0782 e. The molecular weight excluding hydrogens is 306 g/mol. The second-order valence-electron chi connectivity index (χ2n) is 5.35. The van der Waals surface area contributed by atoms with Crippen LogP contribution in [0, 0.1) is 5.92 Å². The fourth-order valence-electron chi connectivity index (χ4n) is 2.85. The fraction of sp³-hybridized carbons (Fsp3) is 0.600. The van der Waals surface area contributed by atoms with Gasteiger partial charge in [0.2, 0.25) is 0 Å². The van der Waals surface area contributed by atoms with Crippen molar-refractivity contribution in [1.82, 2.24) is 0 Å². The Morgan fingerprint density at radius 1 is 1.47 bits per heavy atom. The molecule has 19 heavy (non-hydrogen) atoms. The monoisotopic (exact) mass is 327 g/mol. The van der Waals surface area contributed by atoms with Gasteiger partial charge in [0.15, 0.2) is 0 Å². The molecule has 0 radical (unpaired) electrons. The average Bonchev–Trinajstić information content (AvgIpc) is 2.39. The molecule has 4 heteroatoms. The largest absolute Gasteiger partial charge is 0.396 e. The van der Waals surface area contributed by atoms with Crippen LogP contribution in [-0.2, 0) is 0 Å². The summed E-state index contributed by atoms with van der Waals surface area (Å²) < 4.78 is 1.04. The topological polar surface area (TPSA) is 43.7 Å². The number of aliphatic hydroxyl groups is 2. The van der Waals surface area contributed by atoms with Crippen LogP contribution < -0.4 is 4.90 Å². The van der Waals surface area contributed by atoms with Crippen molar-refractivity contribution in [3.63, 3.8) is 0 Å². The minimum absolute atomic E-state index is 0.264. The molecule has 0 aromatic heterocycles. The highest BCUT2D eigenvalue weighted by Crippen LogP contribution is 2.33. The van der Waals surface area contributed by atoms with Crippen molar-refractivity contribution >= 4 is 21.6 Å². The van der Waals surface area contributed by atoms with Crippen molar-refractivity contribution in [3.8, 4) is 0 Å². The molecule has 0 amide bonds. The highest BCUT2D eigenvalue weighted by Gasteiger charge is 2.22. The number of halogens is 1. The molecule has 1 aromatic rings. The third-order valence-corrected chi connectivity index (χ3v) is 4.33. The molecule has 1 aliphatic heterocycles. The van der Waals surface area contributed by atoms with Gasteiger partial charge in [-0.1, -0.05) is 22.0 Å². The summed E-state index contributed by atoms with van der Waals surface area (Å²) in [7, 11) is 0. The lowest BCUT2D eigenvalue weighted by atomic mass is 9.94. The molecule has 0 aliphatic carbocycles. The summed E-state index contributed by atoms with van der Waals surface area (Å²) >= 11 is 3.51. The average molecular weight is 328 g/mol. The van der Waals surface area contributed by atoms with E-state index >= 15 is 0 Å². The Hall–Kier alpha value is -0.580. The molecule has 1 aromatic carbocycles. The molecule has 0 spiro atoms. The quantitative estimate of drug-likeness (QED) is 0.893. The lowest BCUT2D eigenvalue weighted by Crippen LogP contribution is -2.36. The molecule has 2 unspecified atom stereocenters. The van der Waals surface area contributed by atoms with Gasteiger partial charge < -0.3 is 15.1 Å². The van der Waals surface area contributed by atoms with Crippen molar-refractivity contribution in [2.45, 2.75) is 32.3 Å².